The Hall–Kier alpha value is -1.32. The second kappa shape index (κ2) is 8.20. The maximum atomic E-state index is 5.90. The zero-order chi connectivity index (χ0) is 15.1. The fraction of sp³-hybridized carbons (Fsp3) is 0.333. The van der Waals surface area contributed by atoms with Crippen molar-refractivity contribution >= 4 is 15.9 Å². The van der Waals surface area contributed by atoms with E-state index in [1.807, 2.05) is 24.3 Å². The summed E-state index contributed by atoms with van der Waals surface area (Å²) in [5.41, 5.74) is 2.59. The second-order valence-electron chi connectivity index (χ2n) is 5.03. The minimum absolute atomic E-state index is 0.852. The average Bonchev–Trinajstić information content (AvgIpc) is 2.49. The summed E-state index contributed by atoms with van der Waals surface area (Å²) in [4.78, 5) is 0. The first kappa shape index (κ1) is 16.1. The molecule has 2 aromatic rings. The van der Waals surface area contributed by atoms with Crippen molar-refractivity contribution in [3.05, 3.63) is 58.1 Å². The minimum Gasteiger partial charge on any atom is -0.457 e. The lowest BCUT2D eigenvalue weighted by Crippen LogP contribution is -2.11. The summed E-state index contributed by atoms with van der Waals surface area (Å²) in [5.74, 6) is 1.73. The van der Waals surface area contributed by atoms with Crippen LogP contribution in [0.25, 0.3) is 0 Å². The quantitative estimate of drug-likeness (QED) is 0.733. The van der Waals surface area contributed by atoms with Gasteiger partial charge in [0.05, 0.1) is 0 Å². The molecule has 0 atom stereocenters. The van der Waals surface area contributed by atoms with E-state index < -0.39 is 0 Å². The van der Waals surface area contributed by atoms with Gasteiger partial charge in [0, 0.05) is 11.0 Å². The standard InChI is InChI=1S/C18H22BrNO/c1-3-5-14-6-9-16(10-7-14)21-17-11-8-15(13-20-4-2)18(19)12-17/h6-12,20H,3-5,13H2,1-2H3. The molecule has 0 spiro atoms. The molecule has 0 aliphatic rings. The third-order valence-corrected chi connectivity index (χ3v) is 4.03. The van der Waals surface area contributed by atoms with E-state index >= 15 is 0 Å². The third-order valence-electron chi connectivity index (χ3n) is 3.29. The molecule has 21 heavy (non-hydrogen) atoms. The molecule has 0 unspecified atom stereocenters. The Labute approximate surface area is 135 Å². The highest BCUT2D eigenvalue weighted by molar-refractivity contribution is 9.10. The summed E-state index contributed by atoms with van der Waals surface area (Å²) in [6.07, 6.45) is 2.28. The number of hydrogen-bond donors (Lipinski definition) is 1. The maximum absolute atomic E-state index is 5.90. The Morgan fingerprint density at radius 2 is 1.71 bits per heavy atom. The molecule has 0 bridgehead atoms. The summed E-state index contributed by atoms with van der Waals surface area (Å²) in [7, 11) is 0. The fourth-order valence-electron chi connectivity index (χ4n) is 2.14. The first-order valence-corrected chi connectivity index (χ1v) is 8.28. The predicted molar refractivity (Wildman–Crippen MR) is 92.0 cm³/mol. The van der Waals surface area contributed by atoms with Gasteiger partial charge in [-0.05, 0) is 48.4 Å². The lowest BCUT2D eigenvalue weighted by atomic mass is 10.1. The number of ether oxygens (including phenoxy) is 1. The number of aryl methyl sites for hydroxylation is 1. The van der Waals surface area contributed by atoms with Crippen LogP contribution in [0, 0.1) is 0 Å². The molecule has 2 aromatic carbocycles. The predicted octanol–water partition coefficient (Wildman–Crippen LogP) is 5.30. The highest BCUT2D eigenvalue weighted by Crippen LogP contribution is 2.27. The smallest absolute Gasteiger partial charge is 0.128 e. The lowest BCUT2D eigenvalue weighted by Gasteiger charge is -2.10. The van der Waals surface area contributed by atoms with Gasteiger partial charge in [0.1, 0.15) is 11.5 Å². The van der Waals surface area contributed by atoms with Crippen LogP contribution in [-0.2, 0) is 13.0 Å². The van der Waals surface area contributed by atoms with E-state index in [1.54, 1.807) is 0 Å². The fourth-order valence-corrected chi connectivity index (χ4v) is 2.64. The van der Waals surface area contributed by atoms with E-state index in [1.165, 1.54) is 17.5 Å². The van der Waals surface area contributed by atoms with E-state index in [0.29, 0.717) is 0 Å². The van der Waals surface area contributed by atoms with Crippen LogP contribution >= 0.6 is 15.9 Å². The van der Waals surface area contributed by atoms with Crippen molar-refractivity contribution in [2.24, 2.45) is 0 Å². The highest BCUT2D eigenvalue weighted by atomic mass is 79.9. The van der Waals surface area contributed by atoms with Crippen LogP contribution in [0.1, 0.15) is 31.4 Å². The SMILES string of the molecule is CCCc1ccc(Oc2ccc(CNCC)c(Br)c2)cc1. The number of rotatable bonds is 7. The Balaban J connectivity index is 2.03. The van der Waals surface area contributed by atoms with Gasteiger partial charge in [-0.25, -0.2) is 0 Å². The van der Waals surface area contributed by atoms with Gasteiger partial charge < -0.3 is 10.1 Å². The van der Waals surface area contributed by atoms with Crippen LogP contribution in [0.5, 0.6) is 11.5 Å². The Bertz CT molecular complexity index is 566. The van der Waals surface area contributed by atoms with E-state index in [-0.39, 0.29) is 0 Å². The van der Waals surface area contributed by atoms with Crippen molar-refractivity contribution in [1.29, 1.82) is 0 Å². The number of hydrogen-bond acceptors (Lipinski definition) is 2. The van der Waals surface area contributed by atoms with Crippen molar-refractivity contribution < 1.29 is 4.74 Å². The zero-order valence-electron chi connectivity index (χ0n) is 12.7. The third kappa shape index (κ3) is 4.87. The topological polar surface area (TPSA) is 21.3 Å². The Kier molecular flexibility index (Phi) is 6.27. The van der Waals surface area contributed by atoms with Gasteiger partial charge in [-0.3, -0.25) is 0 Å². The second-order valence-corrected chi connectivity index (χ2v) is 5.88. The van der Waals surface area contributed by atoms with Gasteiger partial charge >= 0.3 is 0 Å². The van der Waals surface area contributed by atoms with Gasteiger partial charge in [-0.2, -0.15) is 0 Å². The van der Waals surface area contributed by atoms with Gasteiger partial charge in [-0.1, -0.05) is 54.4 Å². The molecule has 0 heterocycles. The van der Waals surface area contributed by atoms with Crippen LogP contribution in [0.3, 0.4) is 0 Å². The van der Waals surface area contributed by atoms with Crippen molar-refractivity contribution in [2.45, 2.75) is 33.2 Å². The number of benzene rings is 2. The Morgan fingerprint density at radius 1 is 1.00 bits per heavy atom. The van der Waals surface area contributed by atoms with E-state index in [2.05, 4.69) is 53.3 Å². The van der Waals surface area contributed by atoms with Gasteiger partial charge in [0.2, 0.25) is 0 Å². The first-order valence-electron chi connectivity index (χ1n) is 7.49. The summed E-state index contributed by atoms with van der Waals surface area (Å²) < 4.78 is 6.97. The molecular weight excluding hydrogens is 326 g/mol. The molecule has 0 amide bonds. The summed E-state index contributed by atoms with van der Waals surface area (Å²) in [5, 5.41) is 3.32. The molecule has 112 valence electrons. The van der Waals surface area contributed by atoms with Crippen LogP contribution in [0.15, 0.2) is 46.9 Å². The highest BCUT2D eigenvalue weighted by Gasteiger charge is 2.03. The van der Waals surface area contributed by atoms with Crippen LogP contribution < -0.4 is 10.1 Å². The molecule has 0 radical (unpaired) electrons. The summed E-state index contributed by atoms with van der Waals surface area (Å²) >= 11 is 3.60. The molecule has 0 aromatic heterocycles. The molecule has 0 aliphatic heterocycles. The monoisotopic (exact) mass is 347 g/mol. The lowest BCUT2D eigenvalue weighted by molar-refractivity contribution is 0.481. The number of halogens is 1. The van der Waals surface area contributed by atoms with Crippen molar-refractivity contribution in [2.75, 3.05) is 6.54 Å². The molecule has 0 aliphatic carbocycles. The first-order chi connectivity index (χ1) is 10.2. The molecule has 1 N–H and O–H groups in total. The van der Waals surface area contributed by atoms with Crippen LogP contribution in [0.4, 0.5) is 0 Å². The number of nitrogens with one attached hydrogen (secondary N) is 1. The van der Waals surface area contributed by atoms with Crippen LogP contribution in [0.2, 0.25) is 0 Å². The molecule has 2 rings (SSSR count). The van der Waals surface area contributed by atoms with Crippen molar-refractivity contribution in [1.82, 2.24) is 5.32 Å². The van der Waals surface area contributed by atoms with E-state index in [9.17, 15) is 0 Å². The largest absolute Gasteiger partial charge is 0.457 e. The van der Waals surface area contributed by atoms with E-state index in [0.717, 1.165) is 35.5 Å². The molecule has 0 fully saturated rings. The summed E-state index contributed by atoms with van der Waals surface area (Å²) in [6.45, 7) is 6.13. The summed E-state index contributed by atoms with van der Waals surface area (Å²) in [6, 6.07) is 14.5. The normalized spacial score (nSPS) is 10.6. The van der Waals surface area contributed by atoms with Gasteiger partial charge in [0.25, 0.3) is 0 Å². The minimum atomic E-state index is 0.852. The van der Waals surface area contributed by atoms with Gasteiger partial charge in [-0.15, -0.1) is 0 Å². The molecule has 0 saturated carbocycles. The van der Waals surface area contributed by atoms with Crippen LogP contribution in [-0.4, -0.2) is 6.54 Å². The van der Waals surface area contributed by atoms with Crippen molar-refractivity contribution in [3.63, 3.8) is 0 Å². The molecule has 3 heteroatoms. The van der Waals surface area contributed by atoms with Crippen molar-refractivity contribution in [3.8, 4) is 11.5 Å². The average molecular weight is 348 g/mol. The Morgan fingerprint density at radius 3 is 2.33 bits per heavy atom. The maximum Gasteiger partial charge on any atom is 0.128 e. The zero-order valence-corrected chi connectivity index (χ0v) is 14.2. The molecule has 0 saturated heterocycles. The molecular formula is C18H22BrNO. The van der Waals surface area contributed by atoms with Gasteiger partial charge in [0.15, 0.2) is 0 Å². The van der Waals surface area contributed by atoms with E-state index in [4.69, 9.17) is 4.74 Å². The molecule has 2 nitrogen and oxygen atoms in total.